The minimum Gasteiger partial charge on any atom is -0.370 e. The topological polar surface area (TPSA) is 27.0 Å². The molecule has 0 spiro atoms. The van der Waals surface area contributed by atoms with Gasteiger partial charge in [-0.25, -0.2) is 0 Å². The molecular formula is C16H21ClN2. The normalized spacial score (nSPS) is 17.5. The van der Waals surface area contributed by atoms with Gasteiger partial charge in [0.15, 0.2) is 0 Å². The number of benzene rings is 1. The van der Waals surface area contributed by atoms with Crippen molar-refractivity contribution in [2.75, 3.05) is 18.0 Å². The molecule has 1 aromatic carbocycles. The maximum atomic E-state index is 9.32. The van der Waals surface area contributed by atoms with Crippen LogP contribution in [0.4, 0.5) is 5.69 Å². The summed E-state index contributed by atoms with van der Waals surface area (Å²) < 4.78 is 0. The summed E-state index contributed by atoms with van der Waals surface area (Å²) in [6.07, 6.45) is 3.64. The van der Waals surface area contributed by atoms with E-state index in [9.17, 15) is 5.26 Å². The summed E-state index contributed by atoms with van der Waals surface area (Å²) in [6, 6.07) is 8.31. The number of nitriles is 1. The second-order valence-electron chi connectivity index (χ2n) is 5.48. The Bertz CT molecular complexity index is 486. The zero-order chi connectivity index (χ0) is 13.9. The molecule has 0 N–H and O–H groups in total. The molecule has 1 aromatic rings. The molecule has 0 amide bonds. The molecule has 0 bridgehead atoms. The van der Waals surface area contributed by atoms with Gasteiger partial charge in [-0.2, -0.15) is 5.26 Å². The number of halogens is 1. The van der Waals surface area contributed by atoms with Crippen molar-refractivity contribution >= 4 is 17.3 Å². The predicted octanol–water partition coefficient (Wildman–Crippen LogP) is 4.31. The third-order valence-corrected chi connectivity index (χ3v) is 4.92. The summed E-state index contributed by atoms with van der Waals surface area (Å²) in [4.78, 5) is 2.36. The molecule has 19 heavy (non-hydrogen) atoms. The lowest BCUT2D eigenvalue weighted by molar-refractivity contribution is 0.301. The van der Waals surface area contributed by atoms with Crippen LogP contribution in [0.15, 0.2) is 18.2 Å². The second kappa shape index (κ2) is 5.84. The van der Waals surface area contributed by atoms with Crippen molar-refractivity contribution < 1.29 is 0 Å². The van der Waals surface area contributed by atoms with Crippen LogP contribution in [0.25, 0.3) is 0 Å². The summed E-state index contributed by atoms with van der Waals surface area (Å²) >= 11 is 5.84. The van der Waals surface area contributed by atoms with E-state index in [0.29, 0.717) is 11.3 Å². The number of anilines is 1. The van der Waals surface area contributed by atoms with Crippen LogP contribution in [0, 0.1) is 16.7 Å². The molecule has 0 aromatic heterocycles. The van der Waals surface area contributed by atoms with Crippen LogP contribution in [0.1, 0.15) is 44.2 Å². The first-order valence-corrected chi connectivity index (χ1v) is 7.55. The molecule has 0 atom stereocenters. The summed E-state index contributed by atoms with van der Waals surface area (Å²) in [5, 5.41) is 9.32. The zero-order valence-electron chi connectivity index (χ0n) is 11.7. The highest BCUT2D eigenvalue weighted by Crippen LogP contribution is 2.39. The Kier molecular flexibility index (Phi) is 4.37. The minimum absolute atomic E-state index is 0.428. The highest BCUT2D eigenvalue weighted by atomic mass is 35.5. The van der Waals surface area contributed by atoms with E-state index in [2.05, 4.69) is 30.9 Å². The van der Waals surface area contributed by atoms with Gasteiger partial charge in [-0.15, -0.1) is 11.6 Å². The van der Waals surface area contributed by atoms with Gasteiger partial charge in [0.1, 0.15) is 6.07 Å². The van der Waals surface area contributed by atoms with Crippen molar-refractivity contribution in [2.24, 2.45) is 5.41 Å². The van der Waals surface area contributed by atoms with E-state index in [4.69, 9.17) is 11.6 Å². The first-order chi connectivity index (χ1) is 9.18. The maximum Gasteiger partial charge on any atom is 0.101 e. The van der Waals surface area contributed by atoms with Crippen LogP contribution in [0.2, 0.25) is 0 Å². The van der Waals surface area contributed by atoms with E-state index in [1.807, 2.05) is 12.1 Å². The first kappa shape index (κ1) is 14.2. The molecule has 0 saturated carbocycles. The van der Waals surface area contributed by atoms with E-state index >= 15 is 0 Å². The Balaban J connectivity index is 2.27. The van der Waals surface area contributed by atoms with Gasteiger partial charge in [0.2, 0.25) is 0 Å². The number of alkyl halides is 1. The van der Waals surface area contributed by atoms with Crippen LogP contribution in [-0.2, 0) is 5.88 Å². The van der Waals surface area contributed by atoms with Crippen LogP contribution in [0.3, 0.4) is 0 Å². The van der Waals surface area contributed by atoms with Gasteiger partial charge in [-0.05, 0) is 42.4 Å². The second-order valence-corrected chi connectivity index (χ2v) is 5.74. The van der Waals surface area contributed by atoms with Gasteiger partial charge >= 0.3 is 0 Å². The van der Waals surface area contributed by atoms with Crippen molar-refractivity contribution in [3.63, 3.8) is 0 Å². The Hall–Kier alpha value is -1.20. The van der Waals surface area contributed by atoms with Gasteiger partial charge in [-0.1, -0.05) is 19.9 Å². The molecule has 1 aliphatic heterocycles. The molecule has 2 nitrogen and oxygen atoms in total. The molecule has 1 fully saturated rings. The highest BCUT2D eigenvalue weighted by molar-refractivity contribution is 6.17. The lowest BCUT2D eigenvalue weighted by atomic mass is 9.82. The van der Waals surface area contributed by atoms with Crippen LogP contribution in [0.5, 0.6) is 0 Å². The van der Waals surface area contributed by atoms with Crippen LogP contribution >= 0.6 is 11.6 Å². The Morgan fingerprint density at radius 2 is 2.11 bits per heavy atom. The summed E-state index contributed by atoms with van der Waals surface area (Å²) in [7, 11) is 0. The summed E-state index contributed by atoms with van der Waals surface area (Å²) in [6.45, 7) is 6.66. The van der Waals surface area contributed by atoms with Crippen molar-refractivity contribution in [3.05, 3.63) is 29.3 Å². The molecule has 2 rings (SSSR count). The van der Waals surface area contributed by atoms with E-state index in [1.165, 1.54) is 19.3 Å². The van der Waals surface area contributed by atoms with Crippen LogP contribution < -0.4 is 4.90 Å². The maximum absolute atomic E-state index is 9.32. The predicted molar refractivity (Wildman–Crippen MR) is 80.6 cm³/mol. The number of nitrogens with zero attached hydrogens (tertiary/aromatic N) is 2. The quantitative estimate of drug-likeness (QED) is 0.766. The van der Waals surface area contributed by atoms with Crippen LogP contribution in [-0.4, -0.2) is 13.1 Å². The third-order valence-electron chi connectivity index (χ3n) is 4.61. The molecule has 3 heteroatoms. The molecule has 1 heterocycles. The lowest BCUT2D eigenvalue weighted by Gasteiger charge is -2.27. The van der Waals surface area contributed by atoms with E-state index in [0.717, 1.165) is 29.9 Å². The molecule has 1 saturated heterocycles. The van der Waals surface area contributed by atoms with Gasteiger partial charge in [0, 0.05) is 19.0 Å². The van der Waals surface area contributed by atoms with E-state index in [-0.39, 0.29) is 0 Å². The monoisotopic (exact) mass is 276 g/mol. The molecule has 102 valence electrons. The fraction of sp³-hybridized carbons (Fsp3) is 0.562. The average Bonchev–Trinajstić information content (AvgIpc) is 2.91. The fourth-order valence-electron chi connectivity index (χ4n) is 3.00. The number of hydrogen-bond donors (Lipinski definition) is 0. The fourth-order valence-corrected chi connectivity index (χ4v) is 3.17. The minimum atomic E-state index is 0.428. The van der Waals surface area contributed by atoms with Gasteiger partial charge in [0.25, 0.3) is 0 Å². The highest BCUT2D eigenvalue weighted by Gasteiger charge is 2.35. The largest absolute Gasteiger partial charge is 0.370 e. The standard InChI is InChI=1S/C16H21ClN2/c1-3-16(4-2)7-8-19(12-16)15-6-5-13(10-17)9-14(15)11-18/h5-6,9H,3-4,7-8,10,12H2,1-2H3. The Morgan fingerprint density at radius 1 is 1.37 bits per heavy atom. The number of rotatable bonds is 4. The molecule has 1 aliphatic rings. The molecular weight excluding hydrogens is 256 g/mol. The smallest absolute Gasteiger partial charge is 0.101 e. The summed E-state index contributed by atoms with van der Waals surface area (Å²) in [5.74, 6) is 0.461. The van der Waals surface area contributed by atoms with Crippen molar-refractivity contribution in [2.45, 2.75) is 39.0 Å². The van der Waals surface area contributed by atoms with Crippen molar-refractivity contribution in [1.29, 1.82) is 5.26 Å². The SMILES string of the molecule is CCC1(CC)CCN(c2ccc(CCl)cc2C#N)C1. The third kappa shape index (κ3) is 2.72. The Morgan fingerprint density at radius 3 is 2.63 bits per heavy atom. The van der Waals surface area contributed by atoms with E-state index < -0.39 is 0 Å². The van der Waals surface area contributed by atoms with Crippen molar-refractivity contribution in [1.82, 2.24) is 0 Å². The van der Waals surface area contributed by atoms with Crippen molar-refractivity contribution in [3.8, 4) is 6.07 Å². The number of hydrogen-bond acceptors (Lipinski definition) is 2. The molecule has 0 unspecified atom stereocenters. The molecule has 0 aliphatic carbocycles. The van der Waals surface area contributed by atoms with E-state index in [1.54, 1.807) is 0 Å². The Labute approximate surface area is 121 Å². The average molecular weight is 277 g/mol. The van der Waals surface area contributed by atoms with Gasteiger partial charge in [-0.3, -0.25) is 0 Å². The van der Waals surface area contributed by atoms with Gasteiger partial charge < -0.3 is 4.90 Å². The molecule has 0 radical (unpaired) electrons. The van der Waals surface area contributed by atoms with Gasteiger partial charge in [0.05, 0.1) is 11.3 Å². The summed E-state index contributed by atoms with van der Waals surface area (Å²) in [5.41, 5.74) is 3.26. The lowest BCUT2D eigenvalue weighted by Crippen LogP contribution is -2.26. The zero-order valence-corrected chi connectivity index (χ0v) is 12.5. The first-order valence-electron chi connectivity index (χ1n) is 7.02.